The number of carbonyl (C=O) groups excluding carboxylic acids is 1. The maximum absolute atomic E-state index is 12.4. The summed E-state index contributed by atoms with van der Waals surface area (Å²) in [5.74, 6) is 0.870. The molecule has 3 aromatic rings. The van der Waals surface area contributed by atoms with Gasteiger partial charge in [0.2, 0.25) is 0 Å². The molecule has 1 aliphatic rings. The molecule has 0 saturated heterocycles. The second-order valence-electron chi connectivity index (χ2n) is 7.22. The molecular weight excluding hydrogens is 350 g/mol. The van der Waals surface area contributed by atoms with Crippen molar-refractivity contribution in [1.29, 1.82) is 0 Å². The zero-order valence-corrected chi connectivity index (χ0v) is 16.0. The second-order valence-corrected chi connectivity index (χ2v) is 7.22. The van der Waals surface area contributed by atoms with Crippen LogP contribution in [0.15, 0.2) is 71.3 Å². The number of rotatable bonds is 5. The van der Waals surface area contributed by atoms with E-state index in [0.29, 0.717) is 6.54 Å². The third-order valence-corrected chi connectivity index (χ3v) is 5.24. The Kier molecular flexibility index (Phi) is 5.44. The van der Waals surface area contributed by atoms with Gasteiger partial charge in [-0.1, -0.05) is 42.0 Å². The van der Waals surface area contributed by atoms with E-state index in [-0.39, 0.29) is 12.1 Å². The van der Waals surface area contributed by atoms with Gasteiger partial charge in [0.15, 0.2) is 0 Å². The Labute approximate surface area is 165 Å². The van der Waals surface area contributed by atoms with E-state index in [4.69, 9.17) is 4.42 Å². The SMILES string of the molecule is Cc1ccc(NC(=O)NC[C@@H](c2ccco2)N2CCc3ccccc3C2)cc1. The summed E-state index contributed by atoms with van der Waals surface area (Å²) in [5.41, 5.74) is 4.69. The van der Waals surface area contributed by atoms with Gasteiger partial charge >= 0.3 is 6.03 Å². The van der Waals surface area contributed by atoms with E-state index in [2.05, 4.69) is 39.8 Å². The molecule has 1 aromatic heterocycles. The Hall–Kier alpha value is -3.05. The molecule has 4 rings (SSSR count). The molecule has 0 aliphatic carbocycles. The fourth-order valence-electron chi connectivity index (χ4n) is 3.68. The van der Waals surface area contributed by atoms with E-state index in [1.165, 1.54) is 11.1 Å². The number of aryl methyl sites for hydroxylation is 1. The number of hydrogen-bond acceptors (Lipinski definition) is 3. The summed E-state index contributed by atoms with van der Waals surface area (Å²) < 4.78 is 5.69. The predicted octanol–water partition coefficient (Wildman–Crippen LogP) is 4.51. The van der Waals surface area contributed by atoms with E-state index in [0.717, 1.165) is 36.5 Å². The van der Waals surface area contributed by atoms with Gasteiger partial charge in [0, 0.05) is 25.3 Å². The first-order chi connectivity index (χ1) is 13.7. The molecule has 144 valence electrons. The molecule has 5 heteroatoms. The first-order valence-corrected chi connectivity index (χ1v) is 9.65. The van der Waals surface area contributed by atoms with E-state index >= 15 is 0 Å². The molecule has 28 heavy (non-hydrogen) atoms. The lowest BCUT2D eigenvalue weighted by Crippen LogP contribution is -2.41. The number of furan rings is 1. The van der Waals surface area contributed by atoms with Gasteiger partial charge in [-0.2, -0.15) is 0 Å². The molecule has 0 spiro atoms. The zero-order valence-electron chi connectivity index (χ0n) is 16.0. The Morgan fingerprint density at radius 2 is 1.86 bits per heavy atom. The summed E-state index contributed by atoms with van der Waals surface area (Å²) in [6.07, 6.45) is 2.69. The van der Waals surface area contributed by atoms with Gasteiger partial charge in [-0.15, -0.1) is 0 Å². The molecule has 1 aliphatic heterocycles. The lowest BCUT2D eigenvalue weighted by atomic mass is 9.98. The molecule has 0 radical (unpaired) electrons. The molecule has 2 aromatic carbocycles. The van der Waals surface area contributed by atoms with Gasteiger partial charge in [-0.3, -0.25) is 4.90 Å². The highest BCUT2D eigenvalue weighted by Crippen LogP contribution is 2.27. The number of benzene rings is 2. The number of anilines is 1. The highest BCUT2D eigenvalue weighted by Gasteiger charge is 2.27. The smallest absolute Gasteiger partial charge is 0.319 e. The summed E-state index contributed by atoms with van der Waals surface area (Å²) in [7, 11) is 0. The Balaban J connectivity index is 1.43. The van der Waals surface area contributed by atoms with Crippen LogP contribution in [-0.4, -0.2) is 24.0 Å². The Bertz CT molecular complexity index is 919. The molecule has 0 saturated carbocycles. The van der Waals surface area contributed by atoms with Gasteiger partial charge in [-0.25, -0.2) is 4.79 Å². The van der Waals surface area contributed by atoms with Crippen molar-refractivity contribution in [3.63, 3.8) is 0 Å². The maximum Gasteiger partial charge on any atom is 0.319 e. The number of amides is 2. The van der Waals surface area contributed by atoms with Gasteiger partial charge in [0.1, 0.15) is 5.76 Å². The van der Waals surface area contributed by atoms with Crippen LogP contribution in [0.3, 0.4) is 0 Å². The van der Waals surface area contributed by atoms with Crippen molar-refractivity contribution in [2.45, 2.75) is 25.9 Å². The third-order valence-electron chi connectivity index (χ3n) is 5.24. The van der Waals surface area contributed by atoms with Gasteiger partial charge in [-0.05, 0) is 48.7 Å². The fourth-order valence-corrected chi connectivity index (χ4v) is 3.68. The van der Waals surface area contributed by atoms with Crippen LogP contribution < -0.4 is 10.6 Å². The normalized spacial score (nSPS) is 14.9. The largest absolute Gasteiger partial charge is 0.468 e. The summed E-state index contributed by atoms with van der Waals surface area (Å²) >= 11 is 0. The van der Waals surface area contributed by atoms with Gasteiger partial charge < -0.3 is 15.1 Å². The van der Waals surface area contributed by atoms with Crippen molar-refractivity contribution < 1.29 is 9.21 Å². The van der Waals surface area contributed by atoms with E-state index in [9.17, 15) is 4.79 Å². The highest BCUT2D eigenvalue weighted by molar-refractivity contribution is 5.89. The number of fused-ring (bicyclic) bond motifs is 1. The van der Waals surface area contributed by atoms with Crippen molar-refractivity contribution in [2.75, 3.05) is 18.4 Å². The Morgan fingerprint density at radius 3 is 2.61 bits per heavy atom. The molecule has 1 atom stereocenters. The average molecular weight is 375 g/mol. The van der Waals surface area contributed by atoms with Crippen molar-refractivity contribution in [1.82, 2.24) is 10.2 Å². The van der Waals surface area contributed by atoms with Crippen molar-refractivity contribution in [3.05, 3.63) is 89.4 Å². The molecule has 2 amide bonds. The van der Waals surface area contributed by atoms with Crippen LogP contribution in [0.1, 0.15) is 28.5 Å². The first kappa shape index (κ1) is 18.3. The summed E-state index contributed by atoms with van der Waals surface area (Å²) in [5, 5.41) is 5.89. The minimum Gasteiger partial charge on any atom is -0.468 e. The maximum atomic E-state index is 12.4. The Morgan fingerprint density at radius 1 is 1.07 bits per heavy atom. The summed E-state index contributed by atoms with van der Waals surface area (Å²) in [6, 6.07) is 20.0. The quantitative estimate of drug-likeness (QED) is 0.690. The monoisotopic (exact) mass is 375 g/mol. The lowest BCUT2D eigenvalue weighted by Gasteiger charge is -2.34. The minimum absolute atomic E-state index is 0.00729. The van der Waals surface area contributed by atoms with Crippen molar-refractivity contribution >= 4 is 11.7 Å². The predicted molar refractivity (Wildman–Crippen MR) is 110 cm³/mol. The summed E-state index contributed by atoms with van der Waals surface area (Å²) in [6.45, 7) is 4.29. The second kappa shape index (κ2) is 8.31. The first-order valence-electron chi connectivity index (χ1n) is 9.65. The van der Waals surface area contributed by atoms with Gasteiger partial charge in [0.25, 0.3) is 0 Å². The van der Waals surface area contributed by atoms with Crippen LogP contribution in [0.4, 0.5) is 10.5 Å². The van der Waals surface area contributed by atoms with Crippen molar-refractivity contribution in [3.8, 4) is 0 Å². The molecule has 0 bridgehead atoms. The lowest BCUT2D eigenvalue weighted by molar-refractivity contribution is 0.156. The molecule has 2 heterocycles. The van der Waals surface area contributed by atoms with Gasteiger partial charge in [0.05, 0.1) is 12.3 Å². The molecular formula is C23H25N3O2. The van der Waals surface area contributed by atoms with Crippen LogP contribution in [-0.2, 0) is 13.0 Å². The van der Waals surface area contributed by atoms with E-state index in [1.807, 2.05) is 43.3 Å². The number of nitrogens with one attached hydrogen (secondary N) is 2. The van der Waals surface area contributed by atoms with Crippen LogP contribution in [0, 0.1) is 6.92 Å². The van der Waals surface area contributed by atoms with E-state index < -0.39 is 0 Å². The number of hydrogen-bond donors (Lipinski definition) is 2. The number of urea groups is 1. The number of nitrogens with zero attached hydrogens (tertiary/aromatic N) is 1. The van der Waals surface area contributed by atoms with Crippen LogP contribution in [0.25, 0.3) is 0 Å². The molecule has 0 unspecified atom stereocenters. The fraction of sp³-hybridized carbons (Fsp3) is 0.261. The molecule has 5 nitrogen and oxygen atoms in total. The zero-order chi connectivity index (χ0) is 19.3. The molecule has 2 N–H and O–H groups in total. The van der Waals surface area contributed by atoms with Crippen LogP contribution >= 0.6 is 0 Å². The number of carbonyl (C=O) groups is 1. The minimum atomic E-state index is -0.210. The average Bonchev–Trinajstić information content (AvgIpc) is 3.24. The topological polar surface area (TPSA) is 57.5 Å². The molecule has 0 fully saturated rings. The highest BCUT2D eigenvalue weighted by atomic mass is 16.3. The van der Waals surface area contributed by atoms with Crippen molar-refractivity contribution in [2.24, 2.45) is 0 Å². The third kappa shape index (κ3) is 4.26. The van der Waals surface area contributed by atoms with Crippen LogP contribution in [0.5, 0.6) is 0 Å². The standard InChI is InChI=1S/C23H25N3O2/c1-17-8-10-20(11-9-17)25-23(27)24-15-21(22-7-4-14-28-22)26-13-12-18-5-2-3-6-19(18)16-26/h2-11,14,21H,12-13,15-16H2,1H3,(H2,24,25,27)/t21-/m0/s1. The van der Waals surface area contributed by atoms with Crippen LogP contribution in [0.2, 0.25) is 0 Å². The summed E-state index contributed by atoms with van der Waals surface area (Å²) in [4.78, 5) is 14.7. The van der Waals surface area contributed by atoms with E-state index in [1.54, 1.807) is 6.26 Å².